The van der Waals surface area contributed by atoms with Crippen LogP contribution in [0.4, 0.5) is 0 Å². The van der Waals surface area contributed by atoms with Gasteiger partial charge in [-0.15, -0.1) is 11.5 Å². The van der Waals surface area contributed by atoms with E-state index >= 15 is 0 Å². The van der Waals surface area contributed by atoms with E-state index in [0.717, 1.165) is 11.1 Å². The summed E-state index contributed by atoms with van der Waals surface area (Å²) in [7, 11) is -1.38. The van der Waals surface area contributed by atoms with E-state index in [2.05, 4.69) is 66.5 Å². The summed E-state index contributed by atoms with van der Waals surface area (Å²) in [6.07, 6.45) is 0. The molecule has 14 heavy (non-hydrogen) atoms. The van der Waals surface area contributed by atoms with Crippen LogP contribution in [0.5, 0.6) is 0 Å². The van der Waals surface area contributed by atoms with Crippen LogP contribution in [-0.4, -0.2) is 8.07 Å². The minimum Gasteiger partial charge on any atom is -0.130 e. The summed E-state index contributed by atoms with van der Waals surface area (Å²) < 4.78 is 0. The topological polar surface area (TPSA) is 0 Å². The van der Waals surface area contributed by atoms with Gasteiger partial charge in [0.05, 0.1) is 0 Å². The Bertz CT molecular complexity index is 224. The molecule has 82 valence electrons. The monoisotopic (exact) mass is 210 g/mol. The molecule has 0 aliphatic carbocycles. The molecule has 0 aliphatic heterocycles. The average Bonchev–Trinajstić information content (AvgIpc) is 1.97. The highest BCUT2D eigenvalue weighted by atomic mass is 28.3. The van der Waals surface area contributed by atoms with Gasteiger partial charge in [-0.3, -0.25) is 0 Å². The van der Waals surface area contributed by atoms with E-state index in [1.165, 1.54) is 0 Å². The lowest BCUT2D eigenvalue weighted by molar-refractivity contribution is 0.571. The molecule has 1 heteroatoms. The summed E-state index contributed by atoms with van der Waals surface area (Å²) in [5.74, 6) is 3.44. The maximum absolute atomic E-state index is 3.62. The molecule has 0 aliphatic rings. The summed E-state index contributed by atoms with van der Waals surface area (Å²) in [5, 5.41) is 0. The maximum Gasteiger partial charge on any atom is 0.140 e. The molecule has 0 rings (SSSR count). The first-order chi connectivity index (χ1) is 6.09. The maximum atomic E-state index is 3.62. The first-order valence-corrected chi connectivity index (χ1v) is 8.29. The van der Waals surface area contributed by atoms with Crippen LogP contribution >= 0.6 is 0 Å². The van der Waals surface area contributed by atoms with Crippen molar-refractivity contribution >= 4 is 8.07 Å². The average molecular weight is 210 g/mol. The molecule has 0 fully saturated rings. The van der Waals surface area contributed by atoms with Crippen molar-refractivity contribution in [1.82, 2.24) is 0 Å². The van der Waals surface area contributed by atoms with Gasteiger partial charge in [-0.2, -0.15) is 0 Å². The molecule has 0 nitrogen and oxygen atoms in total. The molecule has 0 aromatic heterocycles. The van der Waals surface area contributed by atoms with E-state index in [0.29, 0.717) is 0 Å². The third-order valence-corrected chi connectivity index (χ3v) is 8.57. The fraction of sp³-hybridized carbons (Fsp3) is 0.846. The van der Waals surface area contributed by atoms with E-state index in [1.807, 2.05) is 0 Å². The SMILES string of the molecule is CC(C)[Si](C)(C#CC(C)(C)C)C(C)C. The lowest BCUT2D eigenvalue weighted by atomic mass is 9.99. The second-order valence-corrected chi connectivity index (χ2v) is 11.2. The quantitative estimate of drug-likeness (QED) is 0.466. The van der Waals surface area contributed by atoms with E-state index < -0.39 is 8.07 Å². The van der Waals surface area contributed by atoms with Crippen molar-refractivity contribution in [3.05, 3.63) is 0 Å². The van der Waals surface area contributed by atoms with Gasteiger partial charge in [-0.1, -0.05) is 34.2 Å². The molecule has 0 spiro atoms. The highest BCUT2D eigenvalue weighted by molar-refractivity contribution is 6.88. The van der Waals surface area contributed by atoms with Crippen LogP contribution in [-0.2, 0) is 0 Å². The Kier molecular flexibility index (Phi) is 4.46. The molecular weight excluding hydrogens is 184 g/mol. The molecule has 0 saturated heterocycles. The van der Waals surface area contributed by atoms with Gasteiger partial charge in [0.1, 0.15) is 8.07 Å². The van der Waals surface area contributed by atoms with Crippen molar-refractivity contribution in [3.63, 3.8) is 0 Å². The molecule has 0 aromatic rings. The molecule has 0 N–H and O–H groups in total. The highest BCUT2D eigenvalue weighted by Gasteiger charge is 2.33. The third-order valence-electron chi connectivity index (χ3n) is 3.11. The molecule has 0 unspecified atom stereocenters. The van der Waals surface area contributed by atoms with Crippen LogP contribution in [0.15, 0.2) is 0 Å². The van der Waals surface area contributed by atoms with Crippen molar-refractivity contribution in [2.24, 2.45) is 5.41 Å². The van der Waals surface area contributed by atoms with Crippen LogP contribution in [0.25, 0.3) is 0 Å². The Balaban J connectivity index is 4.95. The van der Waals surface area contributed by atoms with Crippen LogP contribution < -0.4 is 0 Å². The second-order valence-electron chi connectivity index (χ2n) is 6.09. The van der Waals surface area contributed by atoms with E-state index in [1.54, 1.807) is 0 Å². The fourth-order valence-corrected chi connectivity index (χ4v) is 3.83. The summed E-state index contributed by atoms with van der Waals surface area (Å²) in [5.41, 5.74) is 5.27. The molecule has 0 heterocycles. The normalized spacial score (nSPS) is 13.0. The van der Waals surface area contributed by atoms with Crippen LogP contribution in [0.3, 0.4) is 0 Å². The predicted octanol–water partition coefficient (Wildman–Crippen LogP) is 4.47. The van der Waals surface area contributed by atoms with E-state index in [-0.39, 0.29) is 5.41 Å². The van der Waals surface area contributed by atoms with Crippen molar-refractivity contribution < 1.29 is 0 Å². The first-order valence-electron chi connectivity index (χ1n) is 5.64. The standard InChI is InChI=1S/C13H26Si/c1-11(2)14(8,12(3)4)10-9-13(5,6)7/h11-12H,1-8H3. The second kappa shape index (κ2) is 4.53. The smallest absolute Gasteiger partial charge is 0.130 e. The predicted molar refractivity (Wildman–Crippen MR) is 69.0 cm³/mol. The van der Waals surface area contributed by atoms with Gasteiger partial charge in [0.15, 0.2) is 0 Å². The highest BCUT2D eigenvalue weighted by Crippen LogP contribution is 2.31. The Morgan fingerprint density at radius 1 is 0.929 bits per heavy atom. The van der Waals surface area contributed by atoms with Crippen molar-refractivity contribution in [3.8, 4) is 11.5 Å². The Morgan fingerprint density at radius 2 is 1.29 bits per heavy atom. The molecule has 0 radical (unpaired) electrons. The van der Waals surface area contributed by atoms with Gasteiger partial charge in [0.25, 0.3) is 0 Å². The lowest BCUT2D eigenvalue weighted by Crippen LogP contribution is -2.36. The molecule has 0 saturated carbocycles. The zero-order chi connectivity index (χ0) is 11.6. The van der Waals surface area contributed by atoms with Gasteiger partial charge >= 0.3 is 0 Å². The van der Waals surface area contributed by atoms with Crippen LogP contribution in [0.1, 0.15) is 48.5 Å². The van der Waals surface area contributed by atoms with Crippen LogP contribution in [0, 0.1) is 16.9 Å². The fourth-order valence-electron chi connectivity index (χ4n) is 1.28. The minimum atomic E-state index is -1.38. The Morgan fingerprint density at radius 3 is 1.50 bits per heavy atom. The zero-order valence-electron chi connectivity index (χ0n) is 11.2. The lowest BCUT2D eigenvalue weighted by Gasteiger charge is -2.30. The van der Waals surface area contributed by atoms with Crippen LogP contribution in [0.2, 0.25) is 17.6 Å². The molecule has 0 amide bonds. The van der Waals surface area contributed by atoms with Gasteiger partial charge in [0.2, 0.25) is 0 Å². The minimum absolute atomic E-state index is 0.151. The van der Waals surface area contributed by atoms with Gasteiger partial charge < -0.3 is 0 Å². The molecule has 0 atom stereocenters. The van der Waals surface area contributed by atoms with Gasteiger partial charge in [-0.05, 0) is 31.9 Å². The van der Waals surface area contributed by atoms with E-state index in [4.69, 9.17) is 0 Å². The van der Waals surface area contributed by atoms with Gasteiger partial charge in [-0.25, -0.2) is 0 Å². The van der Waals surface area contributed by atoms with Gasteiger partial charge in [0, 0.05) is 5.41 Å². The number of hydrogen-bond donors (Lipinski definition) is 0. The van der Waals surface area contributed by atoms with Crippen molar-refractivity contribution in [2.75, 3.05) is 0 Å². The van der Waals surface area contributed by atoms with Crippen molar-refractivity contribution in [1.29, 1.82) is 0 Å². The Hall–Kier alpha value is -0.223. The molecule has 0 bridgehead atoms. The third kappa shape index (κ3) is 3.88. The summed E-state index contributed by atoms with van der Waals surface area (Å²) in [4.78, 5) is 0. The first kappa shape index (κ1) is 13.8. The Labute approximate surface area is 91.5 Å². The summed E-state index contributed by atoms with van der Waals surface area (Å²) in [6.45, 7) is 18.3. The number of hydrogen-bond acceptors (Lipinski definition) is 0. The number of rotatable bonds is 2. The van der Waals surface area contributed by atoms with Crippen molar-refractivity contribution in [2.45, 2.75) is 66.1 Å². The summed E-state index contributed by atoms with van der Waals surface area (Å²) >= 11 is 0. The van der Waals surface area contributed by atoms with E-state index in [9.17, 15) is 0 Å². The summed E-state index contributed by atoms with van der Waals surface area (Å²) in [6, 6.07) is 0. The molecule has 0 aromatic carbocycles. The zero-order valence-corrected chi connectivity index (χ0v) is 12.2. The largest absolute Gasteiger partial charge is 0.140 e. The molecular formula is C13H26Si.